The van der Waals surface area contributed by atoms with E-state index in [1.807, 2.05) is 12.1 Å². The molecule has 2 heterocycles. The molecule has 2 atom stereocenters. The molecule has 0 aliphatic carbocycles. The lowest BCUT2D eigenvalue weighted by atomic mass is 9.72. The molecule has 20 heavy (non-hydrogen) atoms. The van der Waals surface area contributed by atoms with Gasteiger partial charge in [0.15, 0.2) is 0 Å². The molecule has 0 bridgehead atoms. The van der Waals surface area contributed by atoms with Crippen LogP contribution in [-0.2, 0) is 6.42 Å². The third kappa shape index (κ3) is 3.42. The Hall–Kier alpha value is -0.860. The van der Waals surface area contributed by atoms with E-state index in [4.69, 9.17) is 11.6 Å². The van der Waals surface area contributed by atoms with E-state index < -0.39 is 0 Å². The lowest BCUT2D eigenvalue weighted by molar-refractivity contribution is 0.188. The lowest BCUT2D eigenvalue weighted by Crippen LogP contribution is -2.37. The molecule has 108 valence electrons. The summed E-state index contributed by atoms with van der Waals surface area (Å²) < 4.78 is 0. The van der Waals surface area contributed by atoms with Crippen molar-refractivity contribution in [2.75, 3.05) is 19.6 Å². The zero-order valence-corrected chi connectivity index (χ0v) is 12.6. The van der Waals surface area contributed by atoms with Crippen molar-refractivity contribution in [2.24, 2.45) is 22.7 Å². The van der Waals surface area contributed by atoms with Gasteiger partial charge in [0, 0.05) is 11.6 Å². The standard InChI is InChI=1S/C17H23ClN2/c18-16-3-1-13(2-4-16)11-15-12-20-10-7-17(15)14-5-8-19-9-6-14/h1-4,10,14-15,17,19H,5-9,11-12H2/t15-,17?/m1/s1. The van der Waals surface area contributed by atoms with Crippen molar-refractivity contribution in [3.8, 4) is 0 Å². The topological polar surface area (TPSA) is 24.4 Å². The number of benzene rings is 1. The van der Waals surface area contributed by atoms with Crippen LogP contribution in [0.3, 0.4) is 0 Å². The minimum atomic E-state index is 0.698. The molecule has 1 aromatic rings. The summed E-state index contributed by atoms with van der Waals surface area (Å²) in [6, 6.07) is 8.34. The van der Waals surface area contributed by atoms with Crippen LogP contribution < -0.4 is 5.32 Å². The molecular weight excluding hydrogens is 268 g/mol. The maximum atomic E-state index is 5.97. The van der Waals surface area contributed by atoms with Crippen LogP contribution in [0.4, 0.5) is 0 Å². The number of hydrogen-bond acceptors (Lipinski definition) is 2. The van der Waals surface area contributed by atoms with Gasteiger partial charge < -0.3 is 5.32 Å². The van der Waals surface area contributed by atoms with E-state index in [0.717, 1.165) is 29.8 Å². The zero-order chi connectivity index (χ0) is 13.8. The SMILES string of the molecule is Clc1ccc(C[C@@H]2CN=CCC2C2CCNCC2)cc1. The minimum Gasteiger partial charge on any atom is -0.317 e. The van der Waals surface area contributed by atoms with E-state index in [9.17, 15) is 0 Å². The maximum Gasteiger partial charge on any atom is 0.0419 e. The quantitative estimate of drug-likeness (QED) is 0.904. The Morgan fingerprint density at radius 1 is 1.15 bits per heavy atom. The average Bonchev–Trinajstić information content (AvgIpc) is 2.51. The van der Waals surface area contributed by atoms with Gasteiger partial charge >= 0.3 is 0 Å². The van der Waals surface area contributed by atoms with Gasteiger partial charge in [-0.25, -0.2) is 0 Å². The highest BCUT2D eigenvalue weighted by molar-refractivity contribution is 6.30. The summed E-state index contributed by atoms with van der Waals surface area (Å²) in [6.45, 7) is 3.37. The van der Waals surface area contributed by atoms with Gasteiger partial charge in [0.1, 0.15) is 0 Å². The van der Waals surface area contributed by atoms with Crippen LogP contribution >= 0.6 is 11.6 Å². The van der Waals surface area contributed by atoms with E-state index >= 15 is 0 Å². The van der Waals surface area contributed by atoms with Crippen molar-refractivity contribution in [3.05, 3.63) is 34.9 Å². The number of halogens is 1. The summed E-state index contributed by atoms with van der Waals surface area (Å²) in [5.41, 5.74) is 1.40. The van der Waals surface area contributed by atoms with Crippen molar-refractivity contribution in [3.63, 3.8) is 0 Å². The Labute approximate surface area is 126 Å². The van der Waals surface area contributed by atoms with Crippen LogP contribution in [0.2, 0.25) is 5.02 Å². The van der Waals surface area contributed by atoms with Crippen LogP contribution in [0.1, 0.15) is 24.8 Å². The zero-order valence-electron chi connectivity index (χ0n) is 11.9. The van der Waals surface area contributed by atoms with Gasteiger partial charge in [0.05, 0.1) is 0 Å². The Morgan fingerprint density at radius 2 is 1.90 bits per heavy atom. The molecule has 2 aliphatic heterocycles. The molecule has 1 unspecified atom stereocenters. The second-order valence-corrected chi connectivity index (χ2v) is 6.56. The molecule has 2 nitrogen and oxygen atoms in total. The third-order valence-electron chi connectivity index (χ3n) is 4.85. The first-order chi connectivity index (χ1) is 9.83. The second kappa shape index (κ2) is 6.73. The van der Waals surface area contributed by atoms with Crippen LogP contribution in [0, 0.1) is 17.8 Å². The molecule has 0 saturated carbocycles. The van der Waals surface area contributed by atoms with Crippen LogP contribution in [0.15, 0.2) is 29.3 Å². The smallest absolute Gasteiger partial charge is 0.0419 e. The molecule has 3 heteroatoms. The highest BCUT2D eigenvalue weighted by Crippen LogP contribution is 2.34. The van der Waals surface area contributed by atoms with Crippen molar-refractivity contribution in [2.45, 2.75) is 25.7 Å². The number of nitrogens with zero attached hydrogens (tertiary/aromatic N) is 1. The predicted molar refractivity (Wildman–Crippen MR) is 85.7 cm³/mol. The fraction of sp³-hybridized carbons (Fsp3) is 0.588. The Kier molecular flexibility index (Phi) is 4.74. The van der Waals surface area contributed by atoms with E-state index in [0.29, 0.717) is 5.92 Å². The second-order valence-electron chi connectivity index (χ2n) is 6.13. The molecule has 0 spiro atoms. The molecule has 2 aliphatic rings. The molecular formula is C17H23ClN2. The van der Waals surface area contributed by atoms with Gasteiger partial charge in [-0.15, -0.1) is 0 Å². The van der Waals surface area contributed by atoms with Gasteiger partial charge in [0.2, 0.25) is 0 Å². The van der Waals surface area contributed by atoms with Crippen LogP contribution in [0.25, 0.3) is 0 Å². The van der Waals surface area contributed by atoms with Crippen LogP contribution in [0.5, 0.6) is 0 Å². The van der Waals surface area contributed by atoms with Crippen molar-refractivity contribution in [1.29, 1.82) is 0 Å². The molecule has 1 fully saturated rings. The van der Waals surface area contributed by atoms with Gasteiger partial charge in [-0.05, 0) is 80.4 Å². The molecule has 0 radical (unpaired) electrons. The van der Waals surface area contributed by atoms with Crippen molar-refractivity contribution < 1.29 is 0 Å². The van der Waals surface area contributed by atoms with E-state index in [2.05, 4.69) is 28.7 Å². The van der Waals surface area contributed by atoms with Gasteiger partial charge in [-0.3, -0.25) is 4.99 Å². The van der Waals surface area contributed by atoms with E-state index in [1.54, 1.807) is 0 Å². The molecule has 1 saturated heterocycles. The summed E-state index contributed by atoms with van der Waals surface area (Å²) >= 11 is 5.97. The lowest BCUT2D eigenvalue weighted by Gasteiger charge is -2.37. The van der Waals surface area contributed by atoms with E-state index in [-0.39, 0.29) is 0 Å². The van der Waals surface area contributed by atoms with Crippen molar-refractivity contribution >= 4 is 17.8 Å². The first-order valence-corrected chi connectivity index (χ1v) is 8.14. The average molecular weight is 291 g/mol. The number of aliphatic imine (C=N–C) groups is 1. The summed E-state index contributed by atoms with van der Waals surface area (Å²) in [5, 5.41) is 4.30. The Balaban J connectivity index is 1.68. The first-order valence-electron chi connectivity index (χ1n) is 7.76. The number of piperidine rings is 1. The summed E-state index contributed by atoms with van der Waals surface area (Å²) in [5.74, 6) is 2.38. The largest absolute Gasteiger partial charge is 0.317 e. The normalized spacial score (nSPS) is 27.6. The molecule has 0 aromatic heterocycles. The predicted octanol–water partition coefficient (Wildman–Crippen LogP) is 3.59. The Bertz CT molecular complexity index is 449. The Morgan fingerprint density at radius 3 is 2.65 bits per heavy atom. The van der Waals surface area contributed by atoms with Gasteiger partial charge in [-0.2, -0.15) is 0 Å². The fourth-order valence-corrected chi connectivity index (χ4v) is 3.85. The van der Waals surface area contributed by atoms with Crippen molar-refractivity contribution in [1.82, 2.24) is 5.32 Å². The first kappa shape index (κ1) is 14.1. The molecule has 1 aromatic carbocycles. The van der Waals surface area contributed by atoms with Gasteiger partial charge in [-0.1, -0.05) is 23.7 Å². The minimum absolute atomic E-state index is 0.698. The highest BCUT2D eigenvalue weighted by atomic mass is 35.5. The molecule has 3 rings (SSSR count). The highest BCUT2D eigenvalue weighted by Gasteiger charge is 2.31. The molecule has 1 N–H and O–H groups in total. The summed E-state index contributed by atoms with van der Waals surface area (Å²) in [6.07, 6.45) is 7.13. The monoisotopic (exact) mass is 290 g/mol. The fourth-order valence-electron chi connectivity index (χ4n) is 3.72. The maximum absolute atomic E-state index is 5.97. The van der Waals surface area contributed by atoms with Gasteiger partial charge in [0.25, 0.3) is 0 Å². The molecule has 0 amide bonds. The van der Waals surface area contributed by atoms with Crippen LogP contribution in [-0.4, -0.2) is 25.8 Å². The summed E-state index contributed by atoms with van der Waals surface area (Å²) in [4.78, 5) is 4.55. The number of rotatable bonds is 3. The van der Waals surface area contributed by atoms with E-state index in [1.165, 1.54) is 37.9 Å². The number of nitrogens with one attached hydrogen (secondary N) is 1. The number of hydrogen-bond donors (Lipinski definition) is 1. The third-order valence-corrected chi connectivity index (χ3v) is 5.10. The summed E-state index contributed by atoms with van der Waals surface area (Å²) in [7, 11) is 0.